The zero-order valence-electron chi connectivity index (χ0n) is 15.8. The van der Waals surface area contributed by atoms with Crippen molar-refractivity contribution < 1.29 is 33.4 Å². The van der Waals surface area contributed by atoms with Gasteiger partial charge in [-0.25, -0.2) is 4.79 Å². The van der Waals surface area contributed by atoms with Gasteiger partial charge in [-0.2, -0.15) is 0 Å². The van der Waals surface area contributed by atoms with E-state index in [1.807, 2.05) is 0 Å². The van der Waals surface area contributed by atoms with Crippen molar-refractivity contribution in [3.8, 4) is 0 Å². The Balaban J connectivity index is 2.07. The van der Waals surface area contributed by atoms with Gasteiger partial charge in [0, 0.05) is 18.4 Å². The summed E-state index contributed by atoms with van der Waals surface area (Å²) in [5, 5.41) is 0. The Morgan fingerprint density at radius 2 is 1.26 bits per heavy atom. The molecule has 0 fully saturated rings. The zero-order chi connectivity index (χ0) is 20.1. The number of hydrogen-bond donors (Lipinski definition) is 0. The van der Waals surface area contributed by atoms with Crippen LogP contribution < -0.4 is 0 Å². The fourth-order valence-corrected chi connectivity index (χ4v) is 2.19. The number of esters is 3. The maximum absolute atomic E-state index is 11.9. The Kier molecular flexibility index (Phi) is 10.4. The second-order valence-electron chi connectivity index (χ2n) is 5.98. The minimum atomic E-state index is -0.451. The summed E-state index contributed by atoms with van der Waals surface area (Å²) in [6, 6.07) is 6.29. The lowest BCUT2D eigenvalue weighted by Gasteiger charge is -2.06. The number of hydrogen-bond acceptors (Lipinski definition) is 7. The quantitative estimate of drug-likeness (QED) is 0.239. The molecule has 0 unspecified atom stereocenters. The number of rotatable bonds is 12. The molecule has 7 nitrogen and oxygen atoms in total. The second-order valence-corrected chi connectivity index (χ2v) is 5.98. The standard InChI is InChI=1S/C20H26O7/c1-15(21)16-9-11-17(12-10-16)20(24)27-14-6-5-13-26-19(23)8-4-3-7-18(22)25-2/h9-12H,3-8,13-14H2,1-2H3. The highest BCUT2D eigenvalue weighted by atomic mass is 16.5. The van der Waals surface area contributed by atoms with Gasteiger partial charge >= 0.3 is 17.9 Å². The number of methoxy groups -OCH3 is 1. The van der Waals surface area contributed by atoms with Crippen molar-refractivity contribution in [2.24, 2.45) is 0 Å². The van der Waals surface area contributed by atoms with E-state index in [0.29, 0.717) is 43.2 Å². The van der Waals surface area contributed by atoms with Crippen LogP contribution in [0.3, 0.4) is 0 Å². The van der Waals surface area contributed by atoms with Crippen molar-refractivity contribution in [2.45, 2.75) is 45.4 Å². The minimum absolute atomic E-state index is 0.0621. The summed E-state index contributed by atoms with van der Waals surface area (Å²) >= 11 is 0. The summed E-state index contributed by atoms with van der Waals surface area (Å²) in [4.78, 5) is 45.5. The predicted molar refractivity (Wildman–Crippen MR) is 97.4 cm³/mol. The lowest BCUT2D eigenvalue weighted by Crippen LogP contribution is -2.09. The van der Waals surface area contributed by atoms with Crippen molar-refractivity contribution in [3.05, 3.63) is 35.4 Å². The van der Waals surface area contributed by atoms with Crippen molar-refractivity contribution in [2.75, 3.05) is 20.3 Å². The molecule has 27 heavy (non-hydrogen) atoms. The molecule has 1 aromatic carbocycles. The average molecular weight is 378 g/mol. The summed E-state index contributed by atoms with van der Waals surface area (Å²) in [5.41, 5.74) is 0.928. The number of ether oxygens (including phenoxy) is 3. The molecule has 1 rings (SSSR count). The van der Waals surface area contributed by atoms with Crippen LogP contribution in [0, 0.1) is 0 Å². The van der Waals surface area contributed by atoms with Gasteiger partial charge < -0.3 is 14.2 Å². The maximum Gasteiger partial charge on any atom is 0.338 e. The summed E-state index contributed by atoms with van der Waals surface area (Å²) < 4.78 is 14.7. The van der Waals surface area contributed by atoms with Crippen molar-refractivity contribution in [3.63, 3.8) is 0 Å². The monoisotopic (exact) mass is 378 g/mol. The van der Waals surface area contributed by atoms with Gasteiger partial charge in [-0.15, -0.1) is 0 Å². The SMILES string of the molecule is COC(=O)CCCCC(=O)OCCCCOC(=O)c1ccc(C(C)=O)cc1. The predicted octanol–water partition coefficient (Wildman–Crippen LogP) is 3.10. The molecule has 0 radical (unpaired) electrons. The molecule has 0 aliphatic rings. The Morgan fingerprint density at radius 1 is 0.741 bits per heavy atom. The molecule has 0 saturated heterocycles. The molecule has 0 aliphatic carbocycles. The van der Waals surface area contributed by atoms with E-state index in [1.165, 1.54) is 14.0 Å². The molecule has 148 valence electrons. The van der Waals surface area contributed by atoms with Crippen LogP contribution in [-0.4, -0.2) is 44.0 Å². The van der Waals surface area contributed by atoms with Crippen LogP contribution in [0.2, 0.25) is 0 Å². The summed E-state index contributed by atoms with van der Waals surface area (Å²) in [7, 11) is 1.33. The number of unbranched alkanes of at least 4 members (excludes halogenated alkanes) is 2. The number of benzene rings is 1. The van der Waals surface area contributed by atoms with Crippen LogP contribution in [0.5, 0.6) is 0 Å². The van der Waals surface area contributed by atoms with Gasteiger partial charge in [-0.1, -0.05) is 12.1 Å². The normalized spacial score (nSPS) is 10.1. The number of Topliss-reactive ketones (excluding diaryl/α,β-unsaturated/α-hetero) is 1. The van der Waals surface area contributed by atoms with E-state index in [2.05, 4.69) is 4.74 Å². The first kappa shape index (κ1) is 22.3. The average Bonchev–Trinajstić information content (AvgIpc) is 2.67. The maximum atomic E-state index is 11.9. The molecule has 0 aromatic heterocycles. The molecule has 0 atom stereocenters. The van der Waals surface area contributed by atoms with E-state index in [0.717, 1.165) is 0 Å². The first-order valence-electron chi connectivity index (χ1n) is 8.94. The third-order valence-electron chi connectivity index (χ3n) is 3.80. The molecule has 7 heteroatoms. The van der Waals surface area contributed by atoms with Crippen LogP contribution in [0.25, 0.3) is 0 Å². The van der Waals surface area contributed by atoms with Crippen molar-refractivity contribution in [1.82, 2.24) is 0 Å². The first-order valence-corrected chi connectivity index (χ1v) is 8.94. The van der Waals surface area contributed by atoms with Gasteiger partial charge in [-0.3, -0.25) is 14.4 Å². The smallest absolute Gasteiger partial charge is 0.338 e. The fourth-order valence-electron chi connectivity index (χ4n) is 2.19. The lowest BCUT2D eigenvalue weighted by molar-refractivity contribution is -0.145. The minimum Gasteiger partial charge on any atom is -0.469 e. The van der Waals surface area contributed by atoms with E-state index in [-0.39, 0.29) is 37.4 Å². The molecule has 0 bridgehead atoms. The largest absolute Gasteiger partial charge is 0.469 e. The highest BCUT2D eigenvalue weighted by Gasteiger charge is 2.08. The first-order chi connectivity index (χ1) is 12.9. The highest BCUT2D eigenvalue weighted by Crippen LogP contribution is 2.07. The third kappa shape index (κ3) is 9.53. The molecular weight excluding hydrogens is 352 g/mol. The van der Waals surface area contributed by atoms with Crippen LogP contribution in [0.1, 0.15) is 66.2 Å². The summed E-state index contributed by atoms with van der Waals surface area (Å²) in [5.74, 6) is -1.10. The Morgan fingerprint density at radius 3 is 1.81 bits per heavy atom. The molecule has 0 spiro atoms. The fraction of sp³-hybridized carbons (Fsp3) is 0.500. The van der Waals surface area contributed by atoms with Crippen LogP contribution in [0.15, 0.2) is 24.3 Å². The summed E-state index contributed by atoms with van der Waals surface area (Å²) in [6.45, 7) is 1.95. The molecular formula is C20H26O7. The molecule has 0 heterocycles. The van der Waals surface area contributed by atoms with Crippen molar-refractivity contribution in [1.29, 1.82) is 0 Å². The van der Waals surface area contributed by atoms with Crippen LogP contribution in [-0.2, 0) is 23.8 Å². The summed E-state index contributed by atoms with van der Waals surface area (Å²) in [6.07, 6.45) is 2.89. The zero-order valence-corrected chi connectivity index (χ0v) is 15.8. The molecule has 0 amide bonds. The number of carbonyl (C=O) groups excluding carboxylic acids is 4. The molecule has 0 aliphatic heterocycles. The van der Waals surface area contributed by atoms with E-state index in [9.17, 15) is 19.2 Å². The Hall–Kier alpha value is -2.70. The van der Waals surface area contributed by atoms with Gasteiger partial charge in [-0.05, 0) is 44.7 Å². The van der Waals surface area contributed by atoms with Gasteiger partial charge in [0.2, 0.25) is 0 Å². The van der Waals surface area contributed by atoms with Crippen LogP contribution >= 0.6 is 0 Å². The molecule has 0 saturated carbocycles. The van der Waals surface area contributed by atoms with E-state index >= 15 is 0 Å². The molecule has 1 aromatic rings. The van der Waals surface area contributed by atoms with E-state index in [4.69, 9.17) is 9.47 Å². The number of carbonyl (C=O) groups is 4. The lowest BCUT2D eigenvalue weighted by atomic mass is 10.1. The second kappa shape index (κ2) is 12.6. The number of ketones is 1. The Bertz CT molecular complexity index is 634. The van der Waals surface area contributed by atoms with E-state index in [1.54, 1.807) is 24.3 Å². The Labute approximate surface area is 159 Å². The van der Waals surface area contributed by atoms with E-state index < -0.39 is 5.97 Å². The van der Waals surface area contributed by atoms with Gasteiger partial charge in [0.1, 0.15) is 0 Å². The van der Waals surface area contributed by atoms with Gasteiger partial charge in [0.25, 0.3) is 0 Å². The highest BCUT2D eigenvalue weighted by molar-refractivity contribution is 5.96. The topological polar surface area (TPSA) is 96.0 Å². The van der Waals surface area contributed by atoms with Crippen molar-refractivity contribution >= 4 is 23.7 Å². The molecule has 0 N–H and O–H groups in total. The van der Waals surface area contributed by atoms with Crippen LogP contribution in [0.4, 0.5) is 0 Å². The van der Waals surface area contributed by atoms with Gasteiger partial charge in [0.05, 0.1) is 25.9 Å². The van der Waals surface area contributed by atoms with Gasteiger partial charge in [0.15, 0.2) is 5.78 Å². The third-order valence-corrected chi connectivity index (χ3v) is 3.80.